The second-order valence-corrected chi connectivity index (χ2v) is 9.71. The molecule has 2 aromatic rings. The Hall–Kier alpha value is -3.37. The maximum absolute atomic E-state index is 13.4. The van der Waals surface area contributed by atoms with Gasteiger partial charge in [0.1, 0.15) is 0 Å². The molecular formula is C28H37N5O2. The molecule has 1 unspecified atom stereocenters. The lowest BCUT2D eigenvalue weighted by Crippen LogP contribution is -2.47. The van der Waals surface area contributed by atoms with Crippen molar-refractivity contribution in [2.24, 2.45) is 0 Å². The third-order valence-corrected chi connectivity index (χ3v) is 6.68. The Balaban J connectivity index is 1.72. The molecule has 3 rings (SSSR count). The number of nitriles is 1. The summed E-state index contributed by atoms with van der Waals surface area (Å²) in [6, 6.07) is 14.3. The Morgan fingerprint density at radius 3 is 2.54 bits per heavy atom. The monoisotopic (exact) mass is 475 g/mol. The zero-order valence-corrected chi connectivity index (χ0v) is 21.5. The molecule has 0 bridgehead atoms. The molecule has 2 N–H and O–H groups in total. The van der Waals surface area contributed by atoms with E-state index in [1.54, 1.807) is 17.0 Å². The molecule has 0 heterocycles. The minimum absolute atomic E-state index is 0.0426. The van der Waals surface area contributed by atoms with Gasteiger partial charge in [0.2, 0.25) is 11.8 Å². The largest absolute Gasteiger partial charge is 0.353 e. The van der Waals surface area contributed by atoms with Gasteiger partial charge in [0, 0.05) is 37.9 Å². The van der Waals surface area contributed by atoms with Crippen LogP contribution in [-0.2, 0) is 22.4 Å². The number of hydrogen-bond acceptors (Lipinski definition) is 5. The van der Waals surface area contributed by atoms with E-state index in [-0.39, 0.29) is 30.9 Å². The summed E-state index contributed by atoms with van der Waals surface area (Å²) >= 11 is 0. The molecule has 0 spiro atoms. The summed E-state index contributed by atoms with van der Waals surface area (Å²) in [7, 11) is 1.85. The number of amides is 2. The molecule has 1 aliphatic rings. The lowest BCUT2D eigenvalue weighted by Gasteiger charge is -2.30. The molecule has 7 heteroatoms. The average Bonchev–Trinajstić information content (AvgIpc) is 3.27. The van der Waals surface area contributed by atoms with E-state index in [0.717, 1.165) is 24.1 Å². The van der Waals surface area contributed by atoms with E-state index in [1.807, 2.05) is 24.9 Å². The van der Waals surface area contributed by atoms with Gasteiger partial charge < -0.3 is 20.4 Å². The van der Waals surface area contributed by atoms with Gasteiger partial charge in [0.05, 0.1) is 24.7 Å². The number of likely N-dealkylation sites (N-methyl/N-ethyl adjacent to an activating group) is 1. The highest BCUT2D eigenvalue weighted by atomic mass is 16.2. The van der Waals surface area contributed by atoms with Crippen LogP contribution in [0.25, 0.3) is 0 Å². The predicted molar refractivity (Wildman–Crippen MR) is 139 cm³/mol. The number of hydrogen-bond donors (Lipinski definition) is 2. The van der Waals surface area contributed by atoms with Gasteiger partial charge >= 0.3 is 0 Å². The normalized spacial score (nSPS) is 14.4. The smallest absolute Gasteiger partial charge is 0.242 e. The fraction of sp³-hybridized carbons (Fsp3) is 0.464. The van der Waals surface area contributed by atoms with Crippen LogP contribution in [0.1, 0.15) is 41.7 Å². The minimum atomic E-state index is -0.156. The minimum Gasteiger partial charge on any atom is -0.353 e. The first-order valence-electron chi connectivity index (χ1n) is 12.3. The molecule has 0 radical (unpaired) electrons. The number of aryl methyl sites for hydroxylation is 2. The lowest BCUT2D eigenvalue weighted by molar-refractivity contribution is -0.130. The number of nitrogens with zero attached hydrogens (tertiary/aromatic N) is 3. The Kier molecular flexibility index (Phi) is 8.89. The zero-order valence-electron chi connectivity index (χ0n) is 21.5. The van der Waals surface area contributed by atoms with Gasteiger partial charge in [-0.25, -0.2) is 0 Å². The van der Waals surface area contributed by atoms with Crippen LogP contribution in [0.5, 0.6) is 0 Å². The van der Waals surface area contributed by atoms with Gasteiger partial charge in [-0.15, -0.1) is 0 Å². The van der Waals surface area contributed by atoms with Gasteiger partial charge in [0.15, 0.2) is 0 Å². The van der Waals surface area contributed by atoms with Crippen LogP contribution in [0, 0.1) is 25.2 Å². The van der Waals surface area contributed by atoms with Crippen molar-refractivity contribution >= 4 is 17.5 Å². The van der Waals surface area contributed by atoms with E-state index in [4.69, 9.17) is 0 Å². The third-order valence-electron chi connectivity index (χ3n) is 6.68. The Bertz CT molecular complexity index is 1110. The first-order chi connectivity index (χ1) is 16.7. The molecule has 0 aromatic heterocycles. The number of carbonyl (C=O) groups is 2. The van der Waals surface area contributed by atoms with E-state index in [0.29, 0.717) is 24.7 Å². The van der Waals surface area contributed by atoms with Gasteiger partial charge in [0.25, 0.3) is 0 Å². The highest BCUT2D eigenvalue weighted by molar-refractivity contribution is 5.87. The summed E-state index contributed by atoms with van der Waals surface area (Å²) < 4.78 is 0. The number of nitrogens with one attached hydrogen (secondary N) is 2. The fourth-order valence-corrected chi connectivity index (χ4v) is 4.60. The molecule has 1 atom stereocenters. The number of benzene rings is 2. The third kappa shape index (κ3) is 6.83. The van der Waals surface area contributed by atoms with Crippen molar-refractivity contribution in [2.75, 3.05) is 38.1 Å². The topological polar surface area (TPSA) is 88.5 Å². The SMILES string of the molecule is Cc1ccc(C#N)cc1N(CC(=O)NCCNC(C)C)CC(=O)N(C)C1Cc2cccc(C)c2C1. The van der Waals surface area contributed by atoms with Crippen molar-refractivity contribution in [3.05, 3.63) is 64.2 Å². The molecule has 0 aliphatic heterocycles. The number of anilines is 1. The van der Waals surface area contributed by atoms with Crippen LogP contribution in [0.4, 0.5) is 5.69 Å². The zero-order chi connectivity index (χ0) is 25.5. The van der Waals surface area contributed by atoms with E-state index < -0.39 is 0 Å². The molecule has 186 valence electrons. The maximum Gasteiger partial charge on any atom is 0.242 e. The fourth-order valence-electron chi connectivity index (χ4n) is 4.60. The van der Waals surface area contributed by atoms with E-state index in [9.17, 15) is 14.9 Å². The van der Waals surface area contributed by atoms with Gasteiger partial charge in [-0.3, -0.25) is 9.59 Å². The Morgan fingerprint density at radius 1 is 1.09 bits per heavy atom. The molecule has 0 saturated heterocycles. The first kappa shape index (κ1) is 26.2. The summed E-state index contributed by atoms with van der Waals surface area (Å²) in [4.78, 5) is 29.8. The lowest BCUT2D eigenvalue weighted by atomic mass is 10.1. The molecular weight excluding hydrogens is 438 g/mol. The van der Waals surface area contributed by atoms with Crippen molar-refractivity contribution in [3.63, 3.8) is 0 Å². The molecule has 1 aliphatic carbocycles. The summed E-state index contributed by atoms with van der Waals surface area (Å²) in [6.07, 6.45) is 1.68. The molecule has 7 nitrogen and oxygen atoms in total. The highest BCUT2D eigenvalue weighted by Gasteiger charge is 2.29. The highest BCUT2D eigenvalue weighted by Crippen LogP contribution is 2.28. The standard InChI is InChI=1S/C28H37N5O2/c1-19(2)30-11-12-31-27(34)17-33(26-13-22(16-29)10-9-21(26)4)18-28(35)32(5)24-14-23-8-6-7-20(3)25(23)15-24/h6-10,13,19,24,30H,11-12,14-15,17-18H2,1-5H3,(H,31,34). The van der Waals surface area contributed by atoms with Crippen LogP contribution >= 0.6 is 0 Å². The molecule has 35 heavy (non-hydrogen) atoms. The molecule has 2 amide bonds. The van der Waals surface area contributed by atoms with Crippen molar-refractivity contribution in [1.29, 1.82) is 5.26 Å². The van der Waals surface area contributed by atoms with Crippen molar-refractivity contribution in [1.82, 2.24) is 15.5 Å². The number of rotatable bonds is 10. The van der Waals surface area contributed by atoms with Crippen LogP contribution in [0.2, 0.25) is 0 Å². The van der Waals surface area contributed by atoms with Crippen molar-refractivity contribution < 1.29 is 9.59 Å². The van der Waals surface area contributed by atoms with Gasteiger partial charge in [-0.2, -0.15) is 5.26 Å². The molecule has 0 fully saturated rings. The summed E-state index contributed by atoms with van der Waals surface area (Å²) in [5.74, 6) is -0.201. The maximum atomic E-state index is 13.4. The van der Waals surface area contributed by atoms with E-state index in [2.05, 4.69) is 55.7 Å². The first-order valence-corrected chi connectivity index (χ1v) is 12.3. The van der Waals surface area contributed by atoms with Crippen LogP contribution in [-0.4, -0.2) is 62.0 Å². The number of fused-ring (bicyclic) bond motifs is 1. The summed E-state index contributed by atoms with van der Waals surface area (Å²) in [5.41, 5.74) is 6.04. The van der Waals surface area contributed by atoms with E-state index >= 15 is 0 Å². The summed E-state index contributed by atoms with van der Waals surface area (Å²) in [5, 5.41) is 15.6. The van der Waals surface area contributed by atoms with Crippen molar-refractivity contribution in [3.8, 4) is 6.07 Å². The van der Waals surface area contributed by atoms with Gasteiger partial charge in [-0.05, 0) is 61.1 Å². The molecule has 2 aromatic carbocycles. The van der Waals surface area contributed by atoms with Crippen LogP contribution in [0.3, 0.4) is 0 Å². The van der Waals surface area contributed by atoms with Gasteiger partial charge in [-0.1, -0.05) is 38.1 Å². The van der Waals surface area contributed by atoms with Crippen molar-refractivity contribution in [2.45, 2.75) is 52.6 Å². The second kappa shape index (κ2) is 11.9. The Morgan fingerprint density at radius 2 is 1.86 bits per heavy atom. The summed E-state index contributed by atoms with van der Waals surface area (Å²) in [6.45, 7) is 9.45. The Labute approximate surface area is 209 Å². The number of carbonyl (C=O) groups excluding carboxylic acids is 2. The average molecular weight is 476 g/mol. The van der Waals surface area contributed by atoms with Crippen LogP contribution in [0.15, 0.2) is 36.4 Å². The van der Waals surface area contributed by atoms with E-state index in [1.165, 1.54) is 16.7 Å². The molecule has 0 saturated carbocycles. The van der Waals surface area contributed by atoms with Crippen LogP contribution < -0.4 is 15.5 Å². The second-order valence-electron chi connectivity index (χ2n) is 9.71. The quantitative estimate of drug-likeness (QED) is 0.516. The predicted octanol–water partition coefficient (Wildman–Crippen LogP) is 2.72.